The molecule has 0 aliphatic rings. The van der Waals surface area contributed by atoms with E-state index in [0.29, 0.717) is 22.6 Å². The van der Waals surface area contributed by atoms with Crippen molar-refractivity contribution >= 4 is 28.6 Å². The molecule has 0 spiro atoms. The summed E-state index contributed by atoms with van der Waals surface area (Å²) in [5.74, 6) is -0.836. The molecule has 2 heterocycles. The van der Waals surface area contributed by atoms with Crippen molar-refractivity contribution in [3.8, 4) is 0 Å². The van der Waals surface area contributed by atoms with Crippen LogP contribution in [-0.4, -0.2) is 26.0 Å². The Labute approximate surface area is 90.1 Å². The van der Waals surface area contributed by atoms with Gasteiger partial charge < -0.3 is 10.1 Å². The van der Waals surface area contributed by atoms with Crippen molar-refractivity contribution in [3.63, 3.8) is 0 Å². The van der Waals surface area contributed by atoms with E-state index in [0.717, 1.165) is 5.56 Å². The van der Waals surface area contributed by atoms with Gasteiger partial charge in [0.05, 0.1) is 5.39 Å². The second kappa shape index (κ2) is 3.86. The standard InChI is InChI=1S/C9H8ClN3O2/c10-8-7-5(1-2-6(14)15)3-11-9(7)13-4-12-8/h3-4H,1-2H2,(H,14,15)(H,11,12,13). The SMILES string of the molecule is O=C(O)CCc1c[nH]c2ncnc(Cl)c12. The minimum atomic E-state index is -0.836. The number of aliphatic carboxylic acids is 1. The second-order valence-electron chi connectivity index (χ2n) is 3.10. The van der Waals surface area contributed by atoms with Gasteiger partial charge in [-0.15, -0.1) is 0 Å². The monoisotopic (exact) mass is 225 g/mol. The van der Waals surface area contributed by atoms with Crippen LogP contribution in [0.25, 0.3) is 11.0 Å². The van der Waals surface area contributed by atoms with Gasteiger partial charge in [-0.3, -0.25) is 4.79 Å². The molecule has 0 fully saturated rings. The molecule has 5 nitrogen and oxygen atoms in total. The molecular formula is C9H8ClN3O2. The van der Waals surface area contributed by atoms with Gasteiger partial charge in [-0.2, -0.15) is 0 Å². The smallest absolute Gasteiger partial charge is 0.303 e. The number of aryl methyl sites for hydroxylation is 1. The van der Waals surface area contributed by atoms with Crippen LogP contribution in [0, 0.1) is 0 Å². The first-order valence-corrected chi connectivity index (χ1v) is 4.74. The van der Waals surface area contributed by atoms with Crippen molar-refractivity contribution in [2.45, 2.75) is 12.8 Å². The molecule has 0 atom stereocenters. The lowest BCUT2D eigenvalue weighted by molar-refractivity contribution is -0.136. The fourth-order valence-electron chi connectivity index (χ4n) is 1.42. The summed E-state index contributed by atoms with van der Waals surface area (Å²) in [5, 5.41) is 9.64. The number of fused-ring (bicyclic) bond motifs is 1. The van der Waals surface area contributed by atoms with Crippen LogP contribution in [0.4, 0.5) is 0 Å². The van der Waals surface area contributed by atoms with E-state index >= 15 is 0 Å². The minimum absolute atomic E-state index is 0.0676. The van der Waals surface area contributed by atoms with Crippen molar-refractivity contribution < 1.29 is 9.90 Å². The Balaban J connectivity index is 2.39. The number of carbonyl (C=O) groups is 1. The van der Waals surface area contributed by atoms with Crippen LogP contribution in [0.1, 0.15) is 12.0 Å². The summed E-state index contributed by atoms with van der Waals surface area (Å²) in [6.45, 7) is 0. The van der Waals surface area contributed by atoms with Gasteiger partial charge in [0.1, 0.15) is 17.1 Å². The zero-order valence-corrected chi connectivity index (χ0v) is 8.45. The van der Waals surface area contributed by atoms with E-state index in [9.17, 15) is 4.79 Å². The molecule has 2 aromatic rings. The summed E-state index contributed by atoms with van der Waals surface area (Å²) in [7, 11) is 0. The minimum Gasteiger partial charge on any atom is -0.481 e. The largest absolute Gasteiger partial charge is 0.481 e. The van der Waals surface area contributed by atoms with Crippen molar-refractivity contribution in [1.82, 2.24) is 15.0 Å². The highest BCUT2D eigenvalue weighted by atomic mass is 35.5. The number of aromatic amines is 1. The highest BCUT2D eigenvalue weighted by Crippen LogP contribution is 2.23. The lowest BCUT2D eigenvalue weighted by atomic mass is 10.1. The first kappa shape index (κ1) is 9.92. The van der Waals surface area contributed by atoms with Crippen LogP contribution in [0.2, 0.25) is 5.15 Å². The molecule has 2 N–H and O–H groups in total. The number of hydrogen-bond donors (Lipinski definition) is 2. The molecule has 0 aromatic carbocycles. The fourth-order valence-corrected chi connectivity index (χ4v) is 1.68. The number of aromatic nitrogens is 3. The average molecular weight is 226 g/mol. The molecule has 2 aromatic heterocycles. The van der Waals surface area contributed by atoms with Crippen LogP contribution in [0.15, 0.2) is 12.5 Å². The summed E-state index contributed by atoms with van der Waals surface area (Å²) >= 11 is 5.90. The van der Waals surface area contributed by atoms with Gasteiger partial charge >= 0.3 is 5.97 Å². The van der Waals surface area contributed by atoms with Crippen molar-refractivity contribution in [2.24, 2.45) is 0 Å². The average Bonchev–Trinajstić information content (AvgIpc) is 2.59. The molecule has 6 heteroatoms. The van der Waals surface area contributed by atoms with Gasteiger partial charge in [0, 0.05) is 12.6 Å². The lowest BCUT2D eigenvalue weighted by Crippen LogP contribution is -1.97. The predicted octanol–water partition coefficient (Wildman–Crippen LogP) is 1.63. The highest BCUT2D eigenvalue weighted by Gasteiger charge is 2.10. The van der Waals surface area contributed by atoms with Gasteiger partial charge in [0.25, 0.3) is 0 Å². The van der Waals surface area contributed by atoms with Crippen LogP contribution < -0.4 is 0 Å². The normalized spacial score (nSPS) is 10.7. The molecule has 0 radical (unpaired) electrons. The molecule has 0 amide bonds. The van der Waals surface area contributed by atoms with Crippen LogP contribution in [0.3, 0.4) is 0 Å². The van der Waals surface area contributed by atoms with Crippen molar-refractivity contribution in [3.05, 3.63) is 23.2 Å². The zero-order chi connectivity index (χ0) is 10.8. The predicted molar refractivity (Wildman–Crippen MR) is 54.9 cm³/mol. The molecular weight excluding hydrogens is 218 g/mol. The number of carboxylic acids is 1. The Kier molecular flexibility index (Phi) is 2.55. The van der Waals surface area contributed by atoms with Gasteiger partial charge in [-0.1, -0.05) is 11.6 Å². The molecule has 0 saturated heterocycles. The summed E-state index contributed by atoms with van der Waals surface area (Å²) in [6.07, 6.45) is 3.57. The van der Waals surface area contributed by atoms with Crippen LogP contribution in [-0.2, 0) is 11.2 Å². The van der Waals surface area contributed by atoms with E-state index in [4.69, 9.17) is 16.7 Å². The van der Waals surface area contributed by atoms with E-state index in [1.54, 1.807) is 6.20 Å². The Morgan fingerprint density at radius 2 is 2.33 bits per heavy atom. The molecule has 0 aliphatic carbocycles. The quantitative estimate of drug-likeness (QED) is 0.779. The third-order valence-corrected chi connectivity index (χ3v) is 2.40. The maximum Gasteiger partial charge on any atom is 0.303 e. The maximum absolute atomic E-state index is 10.4. The summed E-state index contributed by atoms with van der Waals surface area (Å²) in [6, 6.07) is 0. The van der Waals surface area contributed by atoms with Crippen LogP contribution >= 0.6 is 11.6 Å². The van der Waals surface area contributed by atoms with Gasteiger partial charge in [0.2, 0.25) is 0 Å². The number of rotatable bonds is 3. The van der Waals surface area contributed by atoms with Gasteiger partial charge in [-0.25, -0.2) is 9.97 Å². The van der Waals surface area contributed by atoms with Crippen LogP contribution in [0.5, 0.6) is 0 Å². The number of H-pyrrole nitrogens is 1. The van der Waals surface area contributed by atoms with Gasteiger partial charge in [-0.05, 0) is 12.0 Å². The second-order valence-corrected chi connectivity index (χ2v) is 3.45. The van der Waals surface area contributed by atoms with Gasteiger partial charge in [0.15, 0.2) is 0 Å². The number of carboxylic acid groups (broad SMARTS) is 1. The Morgan fingerprint density at radius 3 is 3.07 bits per heavy atom. The van der Waals surface area contributed by atoms with E-state index in [-0.39, 0.29) is 6.42 Å². The lowest BCUT2D eigenvalue weighted by Gasteiger charge is -1.96. The fraction of sp³-hybridized carbons (Fsp3) is 0.222. The summed E-state index contributed by atoms with van der Waals surface area (Å²) < 4.78 is 0. The Bertz CT molecular complexity index is 509. The Morgan fingerprint density at radius 1 is 1.53 bits per heavy atom. The first-order valence-electron chi connectivity index (χ1n) is 4.36. The molecule has 78 valence electrons. The topological polar surface area (TPSA) is 78.9 Å². The number of hydrogen-bond acceptors (Lipinski definition) is 3. The molecule has 0 bridgehead atoms. The molecule has 0 aliphatic heterocycles. The number of halogens is 1. The molecule has 0 saturated carbocycles. The highest BCUT2D eigenvalue weighted by molar-refractivity contribution is 6.34. The number of nitrogens with one attached hydrogen (secondary N) is 1. The van der Waals surface area contributed by atoms with Crippen molar-refractivity contribution in [1.29, 1.82) is 0 Å². The van der Waals surface area contributed by atoms with E-state index in [2.05, 4.69) is 15.0 Å². The molecule has 0 unspecified atom stereocenters. The summed E-state index contributed by atoms with van der Waals surface area (Å²) in [5.41, 5.74) is 1.47. The van der Waals surface area contributed by atoms with E-state index in [1.807, 2.05) is 0 Å². The summed E-state index contributed by atoms with van der Waals surface area (Å²) in [4.78, 5) is 21.2. The maximum atomic E-state index is 10.4. The van der Waals surface area contributed by atoms with E-state index < -0.39 is 5.97 Å². The van der Waals surface area contributed by atoms with E-state index in [1.165, 1.54) is 6.33 Å². The third kappa shape index (κ3) is 1.92. The zero-order valence-electron chi connectivity index (χ0n) is 7.70. The molecule has 15 heavy (non-hydrogen) atoms. The number of nitrogens with zero attached hydrogens (tertiary/aromatic N) is 2. The first-order chi connectivity index (χ1) is 7.18. The van der Waals surface area contributed by atoms with Crippen molar-refractivity contribution in [2.75, 3.05) is 0 Å². The Hall–Kier alpha value is -1.62. The third-order valence-electron chi connectivity index (χ3n) is 2.11. The molecule has 2 rings (SSSR count).